The van der Waals surface area contributed by atoms with Gasteiger partial charge in [-0.05, 0) is 18.2 Å². The van der Waals surface area contributed by atoms with Crippen LogP contribution in [0.4, 0.5) is 16.0 Å². The summed E-state index contributed by atoms with van der Waals surface area (Å²) in [4.78, 5) is 3.97. The Morgan fingerprint density at radius 1 is 1.33 bits per heavy atom. The van der Waals surface area contributed by atoms with Gasteiger partial charge < -0.3 is 11.5 Å². The maximum atomic E-state index is 13.2. The van der Waals surface area contributed by atoms with Crippen molar-refractivity contribution in [1.29, 1.82) is 0 Å². The number of halogens is 1. The second kappa shape index (κ2) is 3.23. The molecule has 0 saturated heterocycles. The van der Waals surface area contributed by atoms with Crippen LogP contribution in [0.5, 0.6) is 0 Å². The lowest BCUT2D eigenvalue weighted by molar-refractivity contribution is 0.633. The van der Waals surface area contributed by atoms with Crippen LogP contribution in [0.3, 0.4) is 0 Å². The van der Waals surface area contributed by atoms with Gasteiger partial charge in [0, 0.05) is 12.6 Å². The average Bonchev–Trinajstić information content (AvgIpc) is 2.52. The highest BCUT2D eigenvalue weighted by Gasteiger charge is 2.08. The first kappa shape index (κ1) is 9.45. The van der Waals surface area contributed by atoms with Crippen LogP contribution in [0, 0.1) is 5.82 Å². The van der Waals surface area contributed by atoms with E-state index < -0.39 is 5.82 Å². The Balaban J connectivity index is 2.49. The molecule has 0 spiro atoms. The van der Waals surface area contributed by atoms with Crippen molar-refractivity contribution in [1.82, 2.24) is 14.8 Å². The topological polar surface area (TPSA) is 82.8 Å². The number of nitrogen functional groups attached to an aromatic ring is 2. The van der Waals surface area contributed by atoms with Gasteiger partial charge in [-0.15, -0.1) is 5.10 Å². The molecule has 1 aromatic heterocycles. The Morgan fingerprint density at radius 3 is 2.60 bits per heavy atom. The van der Waals surface area contributed by atoms with Gasteiger partial charge in [0.15, 0.2) is 5.82 Å². The fourth-order valence-corrected chi connectivity index (χ4v) is 1.19. The number of hydrogen-bond donors (Lipinski definition) is 2. The molecule has 4 N–H and O–H groups in total. The van der Waals surface area contributed by atoms with Crippen LogP contribution in [0.2, 0.25) is 0 Å². The van der Waals surface area contributed by atoms with Crippen molar-refractivity contribution < 1.29 is 4.39 Å². The van der Waals surface area contributed by atoms with Crippen LogP contribution in [0.15, 0.2) is 18.2 Å². The SMILES string of the molecule is Cn1nc(-c2ccc(N)c(F)c2)nc1N. The van der Waals surface area contributed by atoms with Gasteiger partial charge in [0.05, 0.1) is 5.69 Å². The Hall–Kier alpha value is -2.11. The van der Waals surface area contributed by atoms with E-state index in [0.29, 0.717) is 11.4 Å². The lowest BCUT2D eigenvalue weighted by Crippen LogP contribution is -1.97. The monoisotopic (exact) mass is 207 g/mol. The highest BCUT2D eigenvalue weighted by molar-refractivity contribution is 5.59. The molecule has 2 rings (SSSR count). The van der Waals surface area contributed by atoms with Crippen molar-refractivity contribution in [3.8, 4) is 11.4 Å². The number of aryl methyl sites for hydroxylation is 1. The van der Waals surface area contributed by atoms with Crippen molar-refractivity contribution in [2.45, 2.75) is 0 Å². The van der Waals surface area contributed by atoms with Gasteiger partial charge in [0.25, 0.3) is 0 Å². The van der Waals surface area contributed by atoms with Crippen LogP contribution >= 0.6 is 0 Å². The summed E-state index contributed by atoms with van der Waals surface area (Å²) in [5, 5.41) is 4.02. The van der Waals surface area contributed by atoms with E-state index >= 15 is 0 Å². The van der Waals surface area contributed by atoms with Gasteiger partial charge in [-0.1, -0.05) is 0 Å². The zero-order chi connectivity index (χ0) is 11.0. The second-order valence-electron chi connectivity index (χ2n) is 3.15. The third-order valence-corrected chi connectivity index (χ3v) is 2.06. The molecule has 0 aliphatic heterocycles. The van der Waals surface area contributed by atoms with Crippen LogP contribution in [0.1, 0.15) is 0 Å². The predicted octanol–water partition coefficient (Wildman–Crippen LogP) is 0.786. The third kappa shape index (κ3) is 1.61. The molecule has 1 aromatic carbocycles. The van der Waals surface area contributed by atoms with Crippen molar-refractivity contribution >= 4 is 11.6 Å². The number of rotatable bonds is 1. The standard InChI is InChI=1S/C9H10FN5/c1-15-9(12)13-8(14-15)5-2-3-7(11)6(10)4-5/h2-4H,11H2,1H3,(H2,12,13,14). The minimum Gasteiger partial charge on any atom is -0.396 e. The average molecular weight is 207 g/mol. The number of hydrogen-bond acceptors (Lipinski definition) is 4. The Bertz CT molecular complexity index is 486. The van der Waals surface area contributed by atoms with E-state index in [4.69, 9.17) is 11.5 Å². The van der Waals surface area contributed by atoms with E-state index in [1.54, 1.807) is 13.1 Å². The third-order valence-electron chi connectivity index (χ3n) is 2.06. The van der Waals surface area contributed by atoms with E-state index in [0.717, 1.165) is 0 Å². The first-order chi connectivity index (χ1) is 7.08. The Labute approximate surface area is 85.5 Å². The lowest BCUT2D eigenvalue weighted by Gasteiger charge is -1.98. The zero-order valence-electron chi connectivity index (χ0n) is 8.11. The van der Waals surface area contributed by atoms with Crippen LogP contribution in [0.25, 0.3) is 11.4 Å². The van der Waals surface area contributed by atoms with E-state index in [2.05, 4.69) is 10.1 Å². The molecule has 78 valence electrons. The second-order valence-corrected chi connectivity index (χ2v) is 3.15. The van der Waals surface area contributed by atoms with E-state index in [1.807, 2.05) is 0 Å². The van der Waals surface area contributed by atoms with Crippen LogP contribution < -0.4 is 11.5 Å². The highest BCUT2D eigenvalue weighted by atomic mass is 19.1. The maximum absolute atomic E-state index is 13.2. The highest BCUT2D eigenvalue weighted by Crippen LogP contribution is 2.20. The molecule has 0 radical (unpaired) electrons. The van der Waals surface area contributed by atoms with Gasteiger partial charge >= 0.3 is 0 Å². The predicted molar refractivity (Wildman–Crippen MR) is 55.2 cm³/mol. The zero-order valence-corrected chi connectivity index (χ0v) is 8.11. The Morgan fingerprint density at radius 2 is 2.07 bits per heavy atom. The molecule has 5 nitrogen and oxygen atoms in total. The quantitative estimate of drug-likeness (QED) is 0.677. The van der Waals surface area contributed by atoms with Gasteiger partial charge in [-0.3, -0.25) is 0 Å². The summed E-state index contributed by atoms with van der Waals surface area (Å²) in [6, 6.07) is 4.40. The summed E-state index contributed by atoms with van der Waals surface area (Å²) in [6.07, 6.45) is 0. The molecule has 2 aromatic rings. The van der Waals surface area contributed by atoms with Crippen molar-refractivity contribution in [2.24, 2.45) is 7.05 Å². The van der Waals surface area contributed by atoms with Crippen molar-refractivity contribution in [2.75, 3.05) is 11.5 Å². The number of nitrogens with zero attached hydrogens (tertiary/aromatic N) is 3. The number of anilines is 2. The largest absolute Gasteiger partial charge is 0.396 e. The smallest absolute Gasteiger partial charge is 0.218 e. The summed E-state index contributed by atoms with van der Waals surface area (Å²) < 4.78 is 14.6. The molecule has 0 aliphatic carbocycles. The van der Waals surface area contributed by atoms with Gasteiger partial charge in [-0.2, -0.15) is 4.98 Å². The summed E-state index contributed by atoms with van der Waals surface area (Å²) in [6.45, 7) is 0. The molecule has 0 bridgehead atoms. The molecule has 0 amide bonds. The first-order valence-corrected chi connectivity index (χ1v) is 4.30. The summed E-state index contributed by atoms with van der Waals surface area (Å²) in [5.41, 5.74) is 11.5. The summed E-state index contributed by atoms with van der Waals surface area (Å²) in [7, 11) is 1.67. The first-order valence-electron chi connectivity index (χ1n) is 4.30. The lowest BCUT2D eigenvalue weighted by atomic mass is 10.2. The molecule has 0 atom stereocenters. The van der Waals surface area contributed by atoms with Gasteiger partial charge in [0.2, 0.25) is 5.95 Å². The van der Waals surface area contributed by atoms with Crippen molar-refractivity contribution in [3.05, 3.63) is 24.0 Å². The normalized spacial score (nSPS) is 10.5. The van der Waals surface area contributed by atoms with Crippen LogP contribution in [-0.4, -0.2) is 14.8 Å². The fraction of sp³-hybridized carbons (Fsp3) is 0.111. The number of benzene rings is 1. The fourth-order valence-electron chi connectivity index (χ4n) is 1.19. The maximum Gasteiger partial charge on any atom is 0.218 e. The molecular formula is C9H10FN5. The molecule has 6 heteroatoms. The molecule has 0 aliphatic rings. The molecule has 1 heterocycles. The van der Waals surface area contributed by atoms with Gasteiger partial charge in [0.1, 0.15) is 5.82 Å². The number of aromatic nitrogens is 3. The minimum absolute atomic E-state index is 0.0997. The summed E-state index contributed by atoms with van der Waals surface area (Å²) in [5.74, 6) is 0.176. The molecule has 15 heavy (non-hydrogen) atoms. The van der Waals surface area contributed by atoms with E-state index in [1.165, 1.54) is 16.8 Å². The molecule has 0 fully saturated rings. The van der Waals surface area contributed by atoms with E-state index in [-0.39, 0.29) is 11.6 Å². The van der Waals surface area contributed by atoms with Gasteiger partial charge in [-0.25, -0.2) is 9.07 Å². The minimum atomic E-state index is -0.487. The van der Waals surface area contributed by atoms with Crippen molar-refractivity contribution in [3.63, 3.8) is 0 Å². The Kier molecular flexibility index (Phi) is 2.03. The molecule has 0 saturated carbocycles. The van der Waals surface area contributed by atoms with E-state index in [9.17, 15) is 4.39 Å². The molecule has 0 unspecified atom stereocenters. The summed E-state index contributed by atoms with van der Waals surface area (Å²) >= 11 is 0. The van der Waals surface area contributed by atoms with Crippen LogP contribution in [-0.2, 0) is 7.05 Å². The number of nitrogens with two attached hydrogens (primary N) is 2. The molecular weight excluding hydrogens is 197 g/mol.